The maximum Gasteiger partial charge on any atom is 0.213 e. The van der Waals surface area contributed by atoms with E-state index in [2.05, 4.69) is 20.0 Å². The standard InChI is InChI=1S/C11H12N4OS/c1-7-3-2-4-8(11(12)17)10(7)13-5-9-14-6-16-15-9/h2-4,6,13H,5H2,1H3,(H2,12,17). The SMILES string of the molecule is Cc1cccc(C(N)=S)c1NCc1ncon1. The van der Waals surface area contributed by atoms with Gasteiger partial charge in [0.1, 0.15) is 4.99 Å². The number of benzene rings is 1. The summed E-state index contributed by atoms with van der Waals surface area (Å²) < 4.78 is 4.66. The van der Waals surface area contributed by atoms with Gasteiger partial charge in [0.05, 0.1) is 6.54 Å². The largest absolute Gasteiger partial charge is 0.389 e. The van der Waals surface area contributed by atoms with Gasteiger partial charge in [0.15, 0.2) is 5.82 Å². The van der Waals surface area contributed by atoms with Crippen molar-refractivity contribution in [1.82, 2.24) is 10.1 Å². The smallest absolute Gasteiger partial charge is 0.213 e. The lowest BCUT2D eigenvalue weighted by molar-refractivity contribution is 0.411. The summed E-state index contributed by atoms with van der Waals surface area (Å²) in [5.74, 6) is 0.585. The second-order valence-electron chi connectivity index (χ2n) is 3.56. The van der Waals surface area contributed by atoms with Gasteiger partial charge in [-0.2, -0.15) is 4.98 Å². The molecule has 0 saturated heterocycles. The molecule has 0 fully saturated rings. The fourth-order valence-corrected chi connectivity index (χ4v) is 1.72. The molecule has 1 aromatic carbocycles. The van der Waals surface area contributed by atoms with E-state index in [0.29, 0.717) is 17.4 Å². The molecule has 3 N–H and O–H groups in total. The minimum Gasteiger partial charge on any atom is -0.389 e. The monoisotopic (exact) mass is 248 g/mol. The fourth-order valence-electron chi connectivity index (χ4n) is 1.55. The number of nitrogens with two attached hydrogens (primary N) is 1. The van der Waals surface area contributed by atoms with Gasteiger partial charge in [0.25, 0.3) is 0 Å². The third kappa shape index (κ3) is 2.59. The van der Waals surface area contributed by atoms with E-state index in [-0.39, 0.29) is 0 Å². The van der Waals surface area contributed by atoms with Crippen LogP contribution in [0.15, 0.2) is 29.1 Å². The van der Waals surface area contributed by atoms with Crippen LogP contribution in [0.4, 0.5) is 5.69 Å². The Kier molecular flexibility index (Phi) is 3.34. The quantitative estimate of drug-likeness (QED) is 0.801. The molecule has 5 nitrogen and oxygen atoms in total. The second kappa shape index (κ2) is 4.92. The number of aromatic nitrogens is 2. The van der Waals surface area contributed by atoms with Gasteiger partial charge in [0.2, 0.25) is 6.39 Å². The first kappa shape index (κ1) is 11.5. The molecule has 0 aliphatic heterocycles. The van der Waals surface area contributed by atoms with Gasteiger partial charge in [-0.3, -0.25) is 0 Å². The summed E-state index contributed by atoms with van der Waals surface area (Å²) in [7, 11) is 0. The van der Waals surface area contributed by atoms with Gasteiger partial charge in [-0.1, -0.05) is 29.5 Å². The highest BCUT2D eigenvalue weighted by molar-refractivity contribution is 7.80. The van der Waals surface area contributed by atoms with E-state index in [0.717, 1.165) is 16.8 Å². The van der Waals surface area contributed by atoms with Crippen molar-refractivity contribution >= 4 is 22.9 Å². The molecule has 0 spiro atoms. The molecule has 17 heavy (non-hydrogen) atoms. The minimum atomic E-state index is 0.365. The van der Waals surface area contributed by atoms with Crippen molar-refractivity contribution in [2.75, 3.05) is 5.32 Å². The lowest BCUT2D eigenvalue weighted by Gasteiger charge is -2.12. The Morgan fingerprint density at radius 3 is 3.00 bits per heavy atom. The van der Waals surface area contributed by atoms with Crippen LogP contribution in [-0.2, 0) is 6.54 Å². The average Bonchev–Trinajstić information content (AvgIpc) is 2.80. The molecular formula is C11H12N4OS. The predicted molar refractivity (Wildman–Crippen MR) is 68.7 cm³/mol. The van der Waals surface area contributed by atoms with E-state index in [9.17, 15) is 0 Å². The van der Waals surface area contributed by atoms with E-state index in [1.165, 1.54) is 6.39 Å². The number of para-hydroxylation sites is 1. The van der Waals surface area contributed by atoms with Crippen LogP contribution in [0.1, 0.15) is 17.0 Å². The van der Waals surface area contributed by atoms with Crippen LogP contribution in [0.5, 0.6) is 0 Å². The summed E-state index contributed by atoms with van der Waals surface area (Å²) >= 11 is 5.01. The van der Waals surface area contributed by atoms with Crippen LogP contribution in [-0.4, -0.2) is 15.1 Å². The third-order valence-electron chi connectivity index (χ3n) is 2.37. The Balaban J connectivity index is 2.22. The van der Waals surface area contributed by atoms with Crippen molar-refractivity contribution in [3.05, 3.63) is 41.5 Å². The molecule has 0 amide bonds. The minimum absolute atomic E-state index is 0.365. The summed E-state index contributed by atoms with van der Waals surface area (Å²) in [6.45, 7) is 2.46. The summed E-state index contributed by atoms with van der Waals surface area (Å²) in [5, 5.41) is 6.94. The molecule has 2 rings (SSSR count). The molecular weight excluding hydrogens is 236 g/mol. The number of nitrogens with one attached hydrogen (secondary N) is 1. The Hall–Kier alpha value is -1.95. The van der Waals surface area contributed by atoms with Crippen molar-refractivity contribution in [2.45, 2.75) is 13.5 Å². The van der Waals surface area contributed by atoms with Gasteiger partial charge in [-0.25, -0.2) is 0 Å². The Morgan fingerprint density at radius 2 is 2.35 bits per heavy atom. The molecule has 88 valence electrons. The summed E-state index contributed by atoms with van der Waals surface area (Å²) in [6, 6.07) is 5.79. The van der Waals surface area contributed by atoms with Crippen LogP contribution in [0.2, 0.25) is 0 Å². The fraction of sp³-hybridized carbons (Fsp3) is 0.182. The van der Waals surface area contributed by atoms with E-state index in [1.807, 2.05) is 25.1 Å². The molecule has 0 unspecified atom stereocenters. The van der Waals surface area contributed by atoms with Gasteiger partial charge < -0.3 is 15.6 Å². The topological polar surface area (TPSA) is 77.0 Å². The number of aryl methyl sites for hydroxylation is 1. The number of hydrogen-bond donors (Lipinski definition) is 2. The molecule has 0 atom stereocenters. The van der Waals surface area contributed by atoms with Crippen LogP contribution >= 0.6 is 12.2 Å². The molecule has 0 radical (unpaired) electrons. The number of hydrogen-bond acceptors (Lipinski definition) is 5. The van der Waals surface area contributed by atoms with Crippen LogP contribution in [0.25, 0.3) is 0 Å². The Labute approximate surface area is 104 Å². The summed E-state index contributed by atoms with van der Waals surface area (Å²) in [6.07, 6.45) is 1.29. The molecule has 6 heteroatoms. The first-order valence-corrected chi connectivity index (χ1v) is 5.48. The highest BCUT2D eigenvalue weighted by Gasteiger charge is 2.08. The van der Waals surface area contributed by atoms with Crippen molar-refractivity contribution in [3.8, 4) is 0 Å². The zero-order valence-electron chi connectivity index (χ0n) is 9.30. The second-order valence-corrected chi connectivity index (χ2v) is 4.00. The number of thiocarbonyl (C=S) groups is 1. The van der Waals surface area contributed by atoms with Crippen LogP contribution < -0.4 is 11.1 Å². The van der Waals surface area contributed by atoms with Crippen LogP contribution in [0, 0.1) is 6.92 Å². The first-order chi connectivity index (χ1) is 8.18. The Morgan fingerprint density at radius 1 is 1.53 bits per heavy atom. The highest BCUT2D eigenvalue weighted by atomic mass is 32.1. The molecule has 2 aromatic rings. The normalized spacial score (nSPS) is 10.2. The van der Waals surface area contributed by atoms with E-state index in [1.54, 1.807) is 0 Å². The van der Waals surface area contributed by atoms with E-state index >= 15 is 0 Å². The van der Waals surface area contributed by atoms with Gasteiger partial charge in [0, 0.05) is 11.3 Å². The number of rotatable bonds is 4. The lowest BCUT2D eigenvalue weighted by atomic mass is 10.1. The number of anilines is 1. The molecule has 0 aliphatic rings. The van der Waals surface area contributed by atoms with Crippen LogP contribution in [0.3, 0.4) is 0 Å². The molecule has 0 aliphatic carbocycles. The average molecular weight is 248 g/mol. The summed E-state index contributed by atoms with van der Waals surface area (Å²) in [5.41, 5.74) is 8.47. The van der Waals surface area contributed by atoms with Crippen molar-refractivity contribution in [2.24, 2.45) is 5.73 Å². The first-order valence-electron chi connectivity index (χ1n) is 5.07. The van der Waals surface area contributed by atoms with Crippen molar-refractivity contribution in [3.63, 3.8) is 0 Å². The van der Waals surface area contributed by atoms with E-state index in [4.69, 9.17) is 18.0 Å². The Bertz CT molecular complexity index is 524. The third-order valence-corrected chi connectivity index (χ3v) is 2.59. The molecule has 0 bridgehead atoms. The molecule has 1 aromatic heterocycles. The maximum atomic E-state index is 5.67. The van der Waals surface area contributed by atoms with Gasteiger partial charge >= 0.3 is 0 Å². The summed E-state index contributed by atoms with van der Waals surface area (Å²) in [4.78, 5) is 4.30. The predicted octanol–water partition coefficient (Wildman–Crippen LogP) is 1.62. The lowest BCUT2D eigenvalue weighted by Crippen LogP contribution is -2.14. The van der Waals surface area contributed by atoms with E-state index < -0.39 is 0 Å². The highest BCUT2D eigenvalue weighted by Crippen LogP contribution is 2.20. The molecule has 1 heterocycles. The zero-order chi connectivity index (χ0) is 12.3. The zero-order valence-corrected chi connectivity index (χ0v) is 10.1. The van der Waals surface area contributed by atoms with Crippen molar-refractivity contribution < 1.29 is 4.52 Å². The maximum absolute atomic E-state index is 5.67. The molecule has 0 saturated carbocycles. The van der Waals surface area contributed by atoms with Gasteiger partial charge in [-0.15, -0.1) is 0 Å². The van der Waals surface area contributed by atoms with Gasteiger partial charge in [-0.05, 0) is 18.6 Å². The number of nitrogens with zero attached hydrogens (tertiary/aromatic N) is 2. The van der Waals surface area contributed by atoms with Crippen molar-refractivity contribution in [1.29, 1.82) is 0 Å².